The number of rotatable bonds is 6. The fourth-order valence-electron chi connectivity index (χ4n) is 2.17. The zero-order chi connectivity index (χ0) is 14.5. The number of hydrogen-bond donors (Lipinski definition) is 2. The van der Waals surface area contributed by atoms with Gasteiger partial charge in [0, 0.05) is 13.1 Å². The van der Waals surface area contributed by atoms with Gasteiger partial charge in [0.2, 0.25) is 0 Å². The third kappa shape index (κ3) is 3.73. The Hall–Kier alpha value is -2.04. The second-order valence-electron chi connectivity index (χ2n) is 5.10. The molecule has 108 valence electrons. The van der Waals surface area contributed by atoms with Crippen LogP contribution in [0.2, 0.25) is 0 Å². The summed E-state index contributed by atoms with van der Waals surface area (Å²) in [6, 6.07) is 8.60. The quantitative estimate of drug-likeness (QED) is 0.835. The van der Waals surface area contributed by atoms with Crippen molar-refractivity contribution in [2.75, 3.05) is 6.54 Å². The number of aliphatic carboxylic acids is 1. The Morgan fingerprint density at radius 3 is 2.50 bits per heavy atom. The molecule has 1 aliphatic rings. The molecule has 1 unspecified atom stereocenters. The van der Waals surface area contributed by atoms with E-state index in [0.29, 0.717) is 13.1 Å². The molecule has 0 radical (unpaired) electrons. The van der Waals surface area contributed by atoms with E-state index in [1.54, 1.807) is 4.90 Å². The lowest BCUT2D eigenvalue weighted by Crippen LogP contribution is -2.48. The van der Waals surface area contributed by atoms with Crippen LogP contribution in [0.3, 0.4) is 0 Å². The van der Waals surface area contributed by atoms with Gasteiger partial charge in [0.1, 0.15) is 6.04 Å². The standard InChI is InChI=1S/C15H20N2O3/c1-2-17(10-11-6-4-3-5-7-11)15(20)16-13(14(18)19)12-8-9-12/h3-7,12-13H,2,8-10H2,1H3,(H,16,20)(H,18,19). The second-order valence-corrected chi connectivity index (χ2v) is 5.10. The van der Waals surface area contributed by atoms with Gasteiger partial charge in [-0.1, -0.05) is 30.3 Å². The van der Waals surface area contributed by atoms with E-state index in [2.05, 4.69) is 5.32 Å². The van der Waals surface area contributed by atoms with E-state index in [9.17, 15) is 9.59 Å². The highest BCUT2D eigenvalue weighted by molar-refractivity contribution is 5.83. The zero-order valence-corrected chi connectivity index (χ0v) is 11.6. The topological polar surface area (TPSA) is 69.6 Å². The molecule has 1 fully saturated rings. The maximum Gasteiger partial charge on any atom is 0.326 e. The lowest BCUT2D eigenvalue weighted by molar-refractivity contribution is -0.139. The van der Waals surface area contributed by atoms with E-state index in [1.807, 2.05) is 37.3 Å². The lowest BCUT2D eigenvalue weighted by Gasteiger charge is -2.24. The van der Waals surface area contributed by atoms with Gasteiger partial charge in [-0.25, -0.2) is 9.59 Å². The summed E-state index contributed by atoms with van der Waals surface area (Å²) in [5, 5.41) is 11.8. The van der Waals surface area contributed by atoms with Gasteiger partial charge in [0.25, 0.3) is 0 Å². The lowest BCUT2D eigenvalue weighted by atomic mass is 10.2. The summed E-state index contributed by atoms with van der Waals surface area (Å²) in [6.45, 7) is 2.91. The van der Waals surface area contributed by atoms with Gasteiger partial charge in [0.05, 0.1) is 0 Å². The largest absolute Gasteiger partial charge is 0.480 e. The summed E-state index contributed by atoms with van der Waals surface area (Å²) < 4.78 is 0. The van der Waals surface area contributed by atoms with E-state index < -0.39 is 12.0 Å². The summed E-state index contributed by atoms with van der Waals surface area (Å²) in [4.78, 5) is 24.9. The molecule has 1 aromatic rings. The minimum absolute atomic E-state index is 0.0897. The van der Waals surface area contributed by atoms with Gasteiger partial charge in [-0.2, -0.15) is 0 Å². The van der Waals surface area contributed by atoms with Crippen molar-refractivity contribution in [3.63, 3.8) is 0 Å². The molecule has 0 spiro atoms. The number of carboxylic acids is 1. The number of nitrogens with zero attached hydrogens (tertiary/aromatic N) is 1. The number of urea groups is 1. The number of hydrogen-bond acceptors (Lipinski definition) is 2. The fraction of sp³-hybridized carbons (Fsp3) is 0.467. The summed E-state index contributed by atoms with van der Waals surface area (Å²) in [5.41, 5.74) is 1.03. The molecular weight excluding hydrogens is 256 g/mol. The van der Waals surface area contributed by atoms with Crippen LogP contribution in [0.5, 0.6) is 0 Å². The van der Waals surface area contributed by atoms with Crippen LogP contribution in [0.1, 0.15) is 25.3 Å². The van der Waals surface area contributed by atoms with Crippen LogP contribution in [0, 0.1) is 5.92 Å². The highest BCUT2D eigenvalue weighted by Crippen LogP contribution is 2.32. The monoisotopic (exact) mass is 276 g/mol. The zero-order valence-electron chi connectivity index (χ0n) is 11.6. The molecule has 0 saturated heterocycles. The van der Waals surface area contributed by atoms with Crippen molar-refractivity contribution in [1.82, 2.24) is 10.2 Å². The number of carbonyl (C=O) groups excluding carboxylic acids is 1. The maximum absolute atomic E-state index is 12.2. The molecule has 0 aliphatic heterocycles. The van der Waals surface area contributed by atoms with Crippen LogP contribution in [0.4, 0.5) is 4.79 Å². The smallest absolute Gasteiger partial charge is 0.326 e. The minimum Gasteiger partial charge on any atom is -0.480 e. The molecule has 20 heavy (non-hydrogen) atoms. The fourth-order valence-corrected chi connectivity index (χ4v) is 2.17. The van der Waals surface area contributed by atoms with E-state index in [-0.39, 0.29) is 11.9 Å². The summed E-state index contributed by atoms with van der Waals surface area (Å²) >= 11 is 0. The Kier molecular flexibility index (Phi) is 4.61. The average molecular weight is 276 g/mol. The van der Waals surface area contributed by atoms with Gasteiger partial charge in [0.15, 0.2) is 0 Å². The Morgan fingerprint density at radius 2 is 2.00 bits per heavy atom. The summed E-state index contributed by atoms with van der Waals surface area (Å²) in [6.07, 6.45) is 1.75. The number of carbonyl (C=O) groups is 2. The average Bonchev–Trinajstić information content (AvgIpc) is 3.27. The van der Waals surface area contributed by atoms with Crippen molar-refractivity contribution >= 4 is 12.0 Å². The van der Waals surface area contributed by atoms with E-state index >= 15 is 0 Å². The first-order valence-corrected chi connectivity index (χ1v) is 6.94. The Bertz CT molecular complexity index is 471. The van der Waals surface area contributed by atoms with Gasteiger partial charge in [-0.05, 0) is 31.2 Å². The molecule has 1 saturated carbocycles. The van der Waals surface area contributed by atoms with Crippen LogP contribution in [0.25, 0.3) is 0 Å². The highest BCUT2D eigenvalue weighted by atomic mass is 16.4. The van der Waals surface area contributed by atoms with Gasteiger partial charge in [-0.3, -0.25) is 0 Å². The number of nitrogens with one attached hydrogen (secondary N) is 1. The molecule has 0 bridgehead atoms. The van der Waals surface area contributed by atoms with Gasteiger partial charge >= 0.3 is 12.0 Å². The van der Waals surface area contributed by atoms with Crippen LogP contribution in [0.15, 0.2) is 30.3 Å². The van der Waals surface area contributed by atoms with Gasteiger partial charge in [-0.15, -0.1) is 0 Å². The molecule has 5 nitrogen and oxygen atoms in total. The first kappa shape index (κ1) is 14.4. The number of amides is 2. The predicted molar refractivity (Wildman–Crippen MR) is 75.2 cm³/mol. The van der Waals surface area contributed by atoms with Crippen LogP contribution >= 0.6 is 0 Å². The molecule has 1 aliphatic carbocycles. The second kappa shape index (κ2) is 6.41. The Morgan fingerprint density at radius 1 is 1.35 bits per heavy atom. The molecule has 5 heteroatoms. The third-order valence-corrected chi connectivity index (χ3v) is 3.52. The molecule has 0 aromatic heterocycles. The maximum atomic E-state index is 12.2. The van der Waals surface area contributed by atoms with Crippen molar-refractivity contribution in [2.45, 2.75) is 32.4 Å². The Balaban J connectivity index is 1.96. The summed E-state index contributed by atoms with van der Waals surface area (Å²) in [7, 11) is 0. The number of carboxylic acid groups (broad SMARTS) is 1. The van der Waals surface area contributed by atoms with Gasteiger partial charge < -0.3 is 15.3 Å². The summed E-state index contributed by atoms with van der Waals surface area (Å²) in [5.74, 6) is -0.858. The highest BCUT2D eigenvalue weighted by Gasteiger charge is 2.37. The first-order valence-electron chi connectivity index (χ1n) is 6.94. The first-order chi connectivity index (χ1) is 9.61. The minimum atomic E-state index is -0.948. The van der Waals surface area contributed by atoms with Crippen molar-refractivity contribution in [3.8, 4) is 0 Å². The van der Waals surface area contributed by atoms with Crippen molar-refractivity contribution in [3.05, 3.63) is 35.9 Å². The molecule has 2 N–H and O–H groups in total. The molecule has 1 aromatic carbocycles. The molecule has 2 amide bonds. The van der Waals surface area contributed by atoms with Crippen molar-refractivity contribution in [1.29, 1.82) is 0 Å². The van der Waals surface area contributed by atoms with E-state index in [4.69, 9.17) is 5.11 Å². The molecular formula is C15H20N2O3. The molecule has 2 rings (SSSR count). The Labute approximate surface area is 118 Å². The van der Waals surface area contributed by atoms with Crippen LogP contribution in [-0.4, -0.2) is 34.6 Å². The van der Waals surface area contributed by atoms with Crippen molar-refractivity contribution < 1.29 is 14.7 Å². The molecule has 0 heterocycles. The SMILES string of the molecule is CCN(Cc1ccccc1)C(=O)NC(C(=O)O)C1CC1. The normalized spacial score (nSPS) is 15.4. The van der Waals surface area contributed by atoms with Crippen LogP contribution < -0.4 is 5.32 Å². The van der Waals surface area contributed by atoms with E-state index in [1.165, 1.54) is 0 Å². The number of benzene rings is 1. The van der Waals surface area contributed by atoms with Crippen molar-refractivity contribution in [2.24, 2.45) is 5.92 Å². The van der Waals surface area contributed by atoms with E-state index in [0.717, 1.165) is 18.4 Å². The van der Waals surface area contributed by atoms with Crippen LogP contribution in [-0.2, 0) is 11.3 Å². The third-order valence-electron chi connectivity index (χ3n) is 3.52. The predicted octanol–water partition coefficient (Wildman–Crippen LogP) is 2.08. The molecule has 1 atom stereocenters.